The van der Waals surface area contributed by atoms with Crippen LogP contribution in [0.1, 0.15) is 33.6 Å². The van der Waals surface area contributed by atoms with E-state index in [9.17, 15) is 4.79 Å². The van der Waals surface area contributed by atoms with Crippen molar-refractivity contribution in [2.75, 3.05) is 24.5 Å². The monoisotopic (exact) mass is 375 g/mol. The van der Waals surface area contributed by atoms with Gasteiger partial charge in [-0.15, -0.1) is 0 Å². The van der Waals surface area contributed by atoms with Crippen LogP contribution in [0.2, 0.25) is 5.15 Å². The van der Waals surface area contributed by atoms with Crippen LogP contribution in [0.5, 0.6) is 0 Å². The number of aromatic nitrogens is 3. The number of piperazine rings is 1. The first-order valence-corrected chi connectivity index (χ1v) is 9.17. The van der Waals surface area contributed by atoms with Crippen LogP contribution in [0.25, 0.3) is 10.9 Å². The van der Waals surface area contributed by atoms with Gasteiger partial charge in [0.2, 0.25) is 0 Å². The first-order valence-electron chi connectivity index (χ1n) is 8.79. The lowest BCUT2D eigenvalue weighted by atomic mass is 10.1. The molecule has 1 spiro atoms. The van der Waals surface area contributed by atoms with Gasteiger partial charge >= 0.3 is 6.09 Å². The summed E-state index contributed by atoms with van der Waals surface area (Å²) in [4.78, 5) is 29.4. The van der Waals surface area contributed by atoms with E-state index in [1.54, 1.807) is 6.20 Å². The van der Waals surface area contributed by atoms with Gasteiger partial charge in [-0.25, -0.2) is 19.7 Å². The lowest BCUT2D eigenvalue weighted by molar-refractivity contribution is 0.0106. The third-order valence-corrected chi connectivity index (χ3v) is 5.18. The minimum absolute atomic E-state index is 0.145. The summed E-state index contributed by atoms with van der Waals surface area (Å²) in [5.41, 5.74) is 0.0945. The average molecular weight is 376 g/mol. The van der Waals surface area contributed by atoms with Gasteiger partial charge in [0, 0.05) is 25.0 Å². The van der Waals surface area contributed by atoms with Crippen LogP contribution in [-0.2, 0) is 4.74 Å². The predicted molar refractivity (Wildman–Crippen MR) is 99.5 cm³/mol. The summed E-state index contributed by atoms with van der Waals surface area (Å²) in [6, 6.07) is 1.93. The highest BCUT2D eigenvalue weighted by Crippen LogP contribution is 2.45. The zero-order valence-electron chi connectivity index (χ0n) is 15.2. The van der Waals surface area contributed by atoms with Crippen molar-refractivity contribution < 1.29 is 9.53 Å². The van der Waals surface area contributed by atoms with Crippen LogP contribution in [0.3, 0.4) is 0 Å². The molecule has 138 valence electrons. The number of anilines is 1. The van der Waals surface area contributed by atoms with Crippen molar-refractivity contribution >= 4 is 34.4 Å². The molecule has 0 aromatic carbocycles. The van der Waals surface area contributed by atoms with E-state index < -0.39 is 5.60 Å². The molecule has 4 rings (SSSR count). The molecule has 1 saturated carbocycles. The molecule has 0 N–H and O–H groups in total. The third kappa shape index (κ3) is 3.16. The number of amides is 1. The van der Waals surface area contributed by atoms with Crippen molar-refractivity contribution in [1.82, 2.24) is 19.9 Å². The van der Waals surface area contributed by atoms with Crippen LogP contribution in [0, 0.1) is 0 Å². The summed E-state index contributed by atoms with van der Waals surface area (Å²) < 4.78 is 5.59. The lowest BCUT2D eigenvalue weighted by Crippen LogP contribution is -2.58. The van der Waals surface area contributed by atoms with Crippen LogP contribution < -0.4 is 4.90 Å². The van der Waals surface area contributed by atoms with Crippen LogP contribution >= 0.6 is 11.6 Å². The molecule has 8 heteroatoms. The molecule has 0 unspecified atom stereocenters. The first kappa shape index (κ1) is 17.3. The molecule has 2 fully saturated rings. The molecule has 7 nitrogen and oxygen atoms in total. The summed E-state index contributed by atoms with van der Waals surface area (Å²) >= 11 is 6.20. The van der Waals surface area contributed by atoms with Crippen LogP contribution in [-0.4, -0.2) is 56.7 Å². The standard InChI is InChI=1S/C18H22ClN5O2/c1-17(2,3)26-16(25)24-7-6-23(10-18(24)4-5-18)14-8-12-13(9-20-14)21-11-22-15(12)19/h8-9,11H,4-7,10H2,1-3H3. The lowest BCUT2D eigenvalue weighted by Gasteiger charge is -2.42. The van der Waals surface area contributed by atoms with Crippen molar-refractivity contribution in [3.8, 4) is 0 Å². The number of hydrogen-bond donors (Lipinski definition) is 0. The zero-order valence-corrected chi connectivity index (χ0v) is 16.0. The quantitative estimate of drug-likeness (QED) is 0.712. The van der Waals surface area contributed by atoms with Gasteiger partial charge in [0.15, 0.2) is 0 Å². The molecule has 2 aromatic heterocycles. The Morgan fingerprint density at radius 3 is 2.69 bits per heavy atom. The number of carbonyl (C=O) groups is 1. The van der Waals surface area contributed by atoms with Gasteiger partial charge in [-0.2, -0.15) is 0 Å². The Morgan fingerprint density at radius 1 is 1.23 bits per heavy atom. The second-order valence-corrected chi connectivity index (χ2v) is 8.36. The number of halogens is 1. The molecule has 2 aliphatic rings. The van der Waals surface area contributed by atoms with Gasteiger partial charge in [-0.05, 0) is 39.7 Å². The summed E-state index contributed by atoms with van der Waals surface area (Å²) in [6.45, 7) is 7.75. The van der Waals surface area contributed by atoms with E-state index >= 15 is 0 Å². The zero-order chi connectivity index (χ0) is 18.5. The van der Waals surface area contributed by atoms with E-state index in [0.29, 0.717) is 18.2 Å². The van der Waals surface area contributed by atoms with E-state index in [0.717, 1.165) is 36.1 Å². The van der Waals surface area contributed by atoms with Gasteiger partial charge in [-0.3, -0.25) is 4.90 Å². The van der Waals surface area contributed by atoms with E-state index in [2.05, 4.69) is 19.9 Å². The van der Waals surface area contributed by atoms with Crippen LogP contribution in [0.15, 0.2) is 18.6 Å². The Morgan fingerprint density at radius 2 is 2.00 bits per heavy atom. The highest BCUT2D eigenvalue weighted by molar-refractivity contribution is 6.34. The molecule has 1 aliphatic heterocycles. The Balaban J connectivity index is 1.55. The fourth-order valence-electron chi connectivity index (χ4n) is 3.44. The van der Waals surface area contributed by atoms with Gasteiger partial charge < -0.3 is 9.64 Å². The van der Waals surface area contributed by atoms with E-state index in [1.165, 1.54) is 6.33 Å². The minimum atomic E-state index is -0.485. The highest BCUT2D eigenvalue weighted by Gasteiger charge is 2.54. The molecular weight excluding hydrogens is 354 g/mol. The number of fused-ring (bicyclic) bond motifs is 1. The Labute approximate surface area is 157 Å². The van der Waals surface area contributed by atoms with E-state index in [4.69, 9.17) is 16.3 Å². The number of pyridine rings is 1. The molecule has 1 aliphatic carbocycles. The second kappa shape index (κ2) is 5.94. The number of nitrogens with zero attached hydrogens (tertiary/aromatic N) is 5. The number of rotatable bonds is 1. The Hall–Kier alpha value is -2.15. The molecule has 26 heavy (non-hydrogen) atoms. The summed E-state index contributed by atoms with van der Waals surface area (Å²) in [6.07, 6.45) is 4.90. The minimum Gasteiger partial charge on any atom is -0.444 e. The normalized spacial score (nSPS) is 19.1. The summed E-state index contributed by atoms with van der Waals surface area (Å²) in [5.74, 6) is 0.837. The summed E-state index contributed by atoms with van der Waals surface area (Å²) in [7, 11) is 0. The van der Waals surface area contributed by atoms with Crippen molar-refractivity contribution in [2.45, 2.75) is 44.8 Å². The number of carbonyl (C=O) groups excluding carboxylic acids is 1. The van der Waals surface area contributed by atoms with Gasteiger partial charge in [0.25, 0.3) is 0 Å². The Bertz CT molecular complexity index is 862. The van der Waals surface area contributed by atoms with Crippen molar-refractivity contribution in [3.05, 3.63) is 23.7 Å². The number of hydrogen-bond acceptors (Lipinski definition) is 6. The maximum absolute atomic E-state index is 12.6. The topological polar surface area (TPSA) is 71.5 Å². The fraction of sp³-hybridized carbons (Fsp3) is 0.556. The van der Waals surface area contributed by atoms with Gasteiger partial charge in [0.05, 0.1) is 17.3 Å². The smallest absolute Gasteiger partial charge is 0.410 e. The van der Waals surface area contributed by atoms with Crippen molar-refractivity contribution in [3.63, 3.8) is 0 Å². The second-order valence-electron chi connectivity index (χ2n) is 8.00. The summed E-state index contributed by atoms with van der Waals surface area (Å²) in [5, 5.41) is 1.21. The maximum atomic E-state index is 12.6. The fourth-order valence-corrected chi connectivity index (χ4v) is 3.63. The molecule has 0 bridgehead atoms. The van der Waals surface area contributed by atoms with Crippen molar-refractivity contribution in [2.24, 2.45) is 0 Å². The molecular formula is C18H22ClN5O2. The van der Waals surface area contributed by atoms with E-state index in [1.807, 2.05) is 31.7 Å². The SMILES string of the molecule is CC(C)(C)OC(=O)N1CCN(c2cc3c(Cl)ncnc3cn2)CC12CC2. The maximum Gasteiger partial charge on any atom is 0.410 e. The van der Waals surface area contributed by atoms with Gasteiger partial charge in [-0.1, -0.05) is 11.6 Å². The largest absolute Gasteiger partial charge is 0.444 e. The van der Waals surface area contributed by atoms with Gasteiger partial charge in [0.1, 0.15) is 22.9 Å². The molecule has 3 heterocycles. The highest BCUT2D eigenvalue weighted by atomic mass is 35.5. The van der Waals surface area contributed by atoms with Crippen LogP contribution in [0.4, 0.5) is 10.6 Å². The Kier molecular flexibility index (Phi) is 3.95. The molecule has 0 atom stereocenters. The molecule has 0 radical (unpaired) electrons. The number of ether oxygens (including phenoxy) is 1. The molecule has 1 saturated heterocycles. The van der Waals surface area contributed by atoms with Crippen molar-refractivity contribution in [1.29, 1.82) is 0 Å². The molecule has 1 amide bonds. The predicted octanol–water partition coefficient (Wildman–Crippen LogP) is 3.27. The molecule has 2 aromatic rings. The average Bonchev–Trinajstić information content (AvgIpc) is 3.32. The third-order valence-electron chi connectivity index (χ3n) is 4.87. The first-order chi connectivity index (χ1) is 12.3. The van der Waals surface area contributed by atoms with E-state index in [-0.39, 0.29) is 11.6 Å².